The number of alkyl carbamates (subject to hydrolysis) is 2. The lowest BCUT2D eigenvalue weighted by Crippen LogP contribution is -2.44. The highest BCUT2D eigenvalue weighted by Gasteiger charge is 2.33. The van der Waals surface area contributed by atoms with E-state index in [-0.39, 0.29) is 0 Å². The zero-order valence-electron chi connectivity index (χ0n) is 24.6. The van der Waals surface area contributed by atoms with Gasteiger partial charge < -0.3 is 34.7 Å². The van der Waals surface area contributed by atoms with Crippen molar-refractivity contribution in [2.45, 2.75) is 109 Å². The molecule has 0 radical (unpaired) electrons. The maximum absolute atomic E-state index is 11.8. The lowest BCUT2D eigenvalue weighted by atomic mass is 9.78. The molecule has 0 aromatic heterocycles. The van der Waals surface area contributed by atoms with Crippen LogP contribution >= 0.6 is 24.4 Å². The predicted octanol–water partition coefficient (Wildman–Crippen LogP) is 3.85. The third kappa shape index (κ3) is 18.2. The number of amides is 2. The van der Waals surface area contributed by atoms with E-state index in [2.05, 4.69) is 28.0 Å². The van der Waals surface area contributed by atoms with Crippen LogP contribution in [0.4, 0.5) is 9.59 Å². The Balaban J connectivity index is 0.000000794. The monoisotopic (exact) mass is 596 g/mol. The summed E-state index contributed by atoms with van der Waals surface area (Å²) in [7, 11) is 2.57. The number of thiol groups is 1. The van der Waals surface area contributed by atoms with Gasteiger partial charge in [-0.1, -0.05) is 0 Å². The maximum atomic E-state index is 11.8. The van der Waals surface area contributed by atoms with Crippen molar-refractivity contribution < 1.29 is 43.2 Å². The fraction of sp³-hybridized carbons (Fsp3) is 0.846. The van der Waals surface area contributed by atoms with Gasteiger partial charge in [0.25, 0.3) is 0 Å². The van der Waals surface area contributed by atoms with E-state index in [1.54, 1.807) is 53.3 Å². The zero-order valence-corrected chi connectivity index (χ0v) is 26.3. The van der Waals surface area contributed by atoms with Gasteiger partial charge in [0.15, 0.2) is 0 Å². The number of thioether (sulfide) groups is 1. The zero-order chi connectivity index (χ0) is 30.3. The van der Waals surface area contributed by atoms with E-state index in [4.69, 9.17) is 14.2 Å². The molecule has 0 unspecified atom stereocenters. The molecule has 0 aromatic rings. The maximum Gasteiger partial charge on any atom is 0.408 e. The van der Waals surface area contributed by atoms with Crippen LogP contribution in [0.3, 0.4) is 0 Å². The molecule has 0 saturated heterocycles. The summed E-state index contributed by atoms with van der Waals surface area (Å²) in [5, 5.41) is 15.0. The number of aliphatic hydroxyl groups is 1. The summed E-state index contributed by atoms with van der Waals surface area (Å²) in [5.74, 6) is 1.03. The number of ether oxygens (including phenoxy) is 4. The molecule has 0 bridgehead atoms. The molecule has 0 aromatic carbocycles. The fourth-order valence-corrected chi connectivity index (χ4v) is 4.60. The molecule has 1 aliphatic rings. The second-order valence-corrected chi connectivity index (χ2v) is 12.9. The van der Waals surface area contributed by atoms with Crippen LogP contribution in [0.5, 0.6) is 0 Å². The Morgan fingerprint density at radius 1 is 0.846 bits per heavy atom. The average Bonchev–Trinajstić information content (AvgIpc) is 2.78. The minimum absolute atomic E-state index is 0.398. The molecule has 228 valence electrons. The van der Waals surface area contributed by atoms with Gasteiger partial charge in [0.05, 0.1) is 19.8 Å². The highest BCUT2D eigenvalue weighted by molar-refractivity contribution is 7.99. The Morgan fingerprint density at radius 2 is 1.28 bits per heavy atom. The lowest BCUT2D eigenvalue weighted by Gasteiger charge is -2.36. The average molecular weight is 597 g/mol. The largest absolute Gasteiger partial charge is 0.467 e. The molecule has 0 aliphatic heterocycles. The first-order valence-electron chi connectivity index (χ1n) is 13.0. The van der Waals surface area contributed by atoms with Gasteiger partial charge in [-0.2, -0.15) is 24.4 Å². The standard InChI is InChI=1S/C16H29NO5S.C10H19NO4S/c1-15(2,3)22-14(19)17-12(13(18)21-4)6-10-23-11-9-16(20)7-5-8-16;1-10(2,3)15-9(13)11-7(5-6-16)8(12)14-4/h12,20H,5-11H2,1-4H3,(H,17,19);7,16H,5-6H2,1-4H3,(H,11,13)/t12-;7-/m00/s1. The van der Waals surface area contributed by atoms with E-state index in [0.29, 0.717) is 24.3 Å². The number of carbonyl (C=O) groups is 4. The second kappa shape index (κ2) is 17.8. The van der Waals surface area contributed by atoms with Crippen molar-refractivity contribution in [1.29, 1.82) is 0 Å². The van der Waals surface area contributed by atoms with Crippen LogP contribution in [0.2, 0.25) is 0 Å². The van der Waals surface area contributed by atoms with Crippen molar-refractivity contribution in [1.82, 2.24) is 10.6 Å². The Labute approximate surface area is 242 Å². The van der Waals surface area contributed by atoms with Crippen LogP contribution in [-0.2, 0) is 28.5 Å². The van der Waals surface area contributed by atoms with Gasteiger partial charge in [-0.15, -0.1) is 0 Å². The minimum atomic E-state index is -0.714. The molecule has 13 heteroatoms. The number of rotatable bonds is 12. The summed E-state index contributed by atoms with van der Waals surface area (Å²) in [5.41, 5.74) is -1.67. The topological polar surface area (TPSA) is 149 Å². The van der Waals surface area contributed by atoms with Gasteiger partial charge in [-0.25, -0.2) is 19.2 Å². The quantitative estimate of drug-likeness (QED) is 0.113. The molecule has 2 atom stereocenters. The van der Waals surface area contributed by atoms with Crippen LogP contribution in [0, 0.1) is 0 Å². The smallest absolute Gasteiger partial charge is 0.408 e. The molecule has 11 nitrogen and oxygen atoms in total. The van der Waals surface area contributed by atoms with Crippen LogP contribution in [0.15, 0.2) is 0 Å². The number of nitrogens with one attached hydrogen (secondary N) is 2. The van der Waals surface area contributed by atoms with Crippen molar-refractivity contribution in [3.05, 3.63) is 0 Å². The van der Waals surface area contributed by atoms with Crippen LogP contribution in [-0.4, -0.2) is 89.6 Å². The first-order chi connectivity index (χ1) is 17.9. The van der Waals surface area contributed by atoms with E-state index in [9.17, 15) is 24.3 Å². The molecule has 0 spiro atoms. The molecule has 1 rings (SSSR count). The molecule has 39 heavy (non-hydrogen) atoms. The minimum Gasteiger partial charge on any atom is -0.467 e. The van der Waals surface area contributed by atoms with Gasteiger partial charge in [0.1, 0.15) is 23.3 Å². The normalized spacial score (nSPS) is 15.7. The molecular formula is C26H48N2O9S2. The first-order valence-corrected chi connectivity index (χ1v) is 14.8. The Morgan fingerprint density at radius 3 is 1.62 bits per heavy atom. The summed E-state index contributed by atoms with van der Waals surface area (Å²) in [6.45, 7) is 10.5. The molecule has 3 N–H and O–H groups in total. The molecular weight excluding hydrogens is 548 g/mol. The van der Waals surface area contributed by atoms with Gasteiger partial charge in [-0.05, 0) is 97.3 Å². The number of hydrogen-bond donors (Lipinski definition) is 4. The van der Waals surface area contributed by atoms with Gasteiger partial charge in [-0.3, -0.25) is 0 Å². The summed E-state index contributed by atoms with van der Waals surface area (Å²) < 4.78 is 19.5. The number of hydrogen-bond acceptors (Lipinski definition) is 11. The Bertz CT molecular complexity index is 778. The van der Waals surface area contributed by atoms with E-state index in [1.165, 1.54) is 14.2 Å². The van der Waals surface area contributed by atoms with E-state index >= 15 is 0 Å². The van der Waals surface area contributed by atoms with E-state index in [0.717, 1.165) is 31.4 Å². The third-order valence-electron chi connectivity index (χ3n) is 5.32. The number of carbonyl (C=O) groups excluding carboxylic acids is 4. The van der Waals surface area contributed by atoms with Crippen molar-refractivity contribution in [3.8, 4) is 0 Å². The molecule has 1 aliphatic carbocycles. The second-order valence-electron chi connectivity index (χ2n) is 11.2. The SMILES string of the molecule is COC(=O)[C@H](CCS)NC(=O)OC(C)(C)C.COC(=O)[C@H](CCSCCC1(O)CCC1)NC(=O)OC(C)(C)C. The predicted molar refractivity (Wildman–Crippen MR) is 154 cm³/mol. The first kappa shape index (κ1) is 37.1. The summed E-state index contributed by atoms with van der Waals surface area (Å²) in [4.78, 5) is 46.2. The summed E-state index contributed by atoms with van der Waals surface area (Å²) in [6, 6.07) is -1.42. The Hall–Kier alpha value is -1.86. The lowest BCUT2D eigenvalue weighted by molar-refractivity contribution is -0.143. The number of methoxy groups -OCH3 is 2. The third-order valence-corrected chi connectivity index (χ3v) is 6.59. The van der Waals surface area contributed by atoms with Gasteiger partial charge in [0.2, 0.25) is 0 Å². The van der Waals surface area contributed by atoms with Crippen molar-refractivity contribution in [2.24, 2.45) is 0 Å². The van der Waals surface area contributed by atoms with Crippen LogP contribution < -0.4 is 10.6 Å². The summed E-state index contributed by atoms with van der Waals surface area (Å²) in [6.07, 6.45) is 3.26. The van der Waals surface area contributed by atoms with Crippen LogP contribution in [0.1, 0.15) is 80.1 Å². The van der Waals surface area contributed by atoms with Crippen molar-refractivity contribution in [2.75, 3.05) is 31.5 Å². The molecule has 1 saturated carbocycles. The Kier molecular flexibility index (Phi) is 16.9. The highest BCUT2D eigenvalue weighted by Crippen LogP contribution is 2.35. The van der Waals surface area contributed by atoms with E-state index < -0.39 is 53.0 Å². The number of esters is 2. The molecule has 1 fully saturated rings. The van der Waals surface area contributed by atoms with Gasteiger partial charge >= 0.3 is 24.1 Å². The van der Waals surface area contributed by atoms with Crippen molar-refractivity contribution >= 4 is 48.5 Å². The van der Waals surface area contributed by atoms with Gasteiger partial charge in [0, 0.05) is 0 Å². The van der Waals surface area contributed by atoms with E-state index in [1.807, 2.05) is 0 Å². The molecule has 0 heterocycles. The van der Waals surface area contributed by atoms with Crippen molar-refractivity contribution in [3.63, 3.8) is 0 Å². The summed E-state index contributed by atoms with van der Waals surface area (Å²) >= 11 is 5.67. The molecule has 2 amide bonds. The highest BCUT2D eigenvalue weighted by atomic mass is 32.2. The van der Waals surface area contributed by atoms with Crippen LogP contribution in [0.25, 0.3) is 0 Å². The fourth-order valence-electron chi connectivity index (χ4n) is 3.21.